The van der Waals surface area contributed by atoms with Gasteiger partial charge in [0.25, 0.3) is 5.56 Å². The minimum absolute atomic E-state index is 0.160. The first-order valence-corrected chi connectivity index (χ1v) is 8.07. The van der Waals surface area contributed by atoms with Gasteiger partial charge < -0.3 is 10.3 Å². The van der Waals surface area contributed by atoms with Gasteiger partial charge in [-0.2, -0.15) is 0 Å². The Balaban J connectivity index is 1.79. The smallest absolute Gasteiger partial charge is 0.252 e. The fraction of sp³-hybridized carbons (Fsp3) is 0.211. The summed E-state index contributed by atoms with van der Waals surface area (Å²) >= 11 is 0. The van der Waals surface area contributed by atoms with Crippen LogP contribution in [0.3, 0.4) is 0 Å². The predicted molar refractivity (Wildman–Crippen MR) is 93.7 cm³/mol. The average Bonchev–Trinajstić information content (AvgIpc) is 2.56. The predicted octanol–water partition coefficient (Wildman–Crippen LogP) is 2.93. The summed E-state index contributed by atoms with van der Waals surface area (Å²) in [5.74, 6) is -1.85. The molecule has 3 aromatic rings. The van der Waals surface area contributed by atoms with E-state index in [2.05, 4.69) is 15.3 Å². The number of halogens is 2. The number of carbonyl (C=O) groups is 1. The molecule has 134 valence electrons. The summed E-state index contributed by atoms with van der Waals surface area (Å²) in [6.45, 7) is 3.40. The summed E-state index contributed by atoms with van der Waals surface area (Å²) < 4.78 is 26.8. The standard InChI is InChI=1S/C19H17F2N3O2/c1-10-15-7-12(19(26)24-17(15)5-6-22-10)8-18(25)23-11(2)14-4-3-13(20)9-16(14)21/h3-7,9,11H,8H2,1-2H3,(H,23,25)(H,24,26)/t11-/m0/s1. The Labute approximate surface area is 148 Å². The molecule has 2 aromatic heterocycles. The molecule has 2 N–H and O–H groups in total. The van der Waals surface area contributed by atoms with Gasteiger partial charge in [-0.05, 0) is 32.0 Å². The number of amides is 1. The van der Waals surface area contributed by atoms with Crippen LogP contribution in [0, 0.1) is 18.6 Å². The summed E-state index contributed by atoms with van der Waals surface area (Å²) in [4.78, 5) is 31.3. The van der Waals surface area contributed by atoms with Gasteiger partial charge in [-0.25, -0.2) is 8.78 Å². The van der Waals surface area contributed by atoms with Gasteiger partial charge >= 0.3 is 0 Å². The molecule has 0 aliphatic carbocycles. The third-order valence-corrected chi connectivity index (χ3v) is 4.21. The second kappa shape index (κ2) is 7.03. The largest absolute Gasteiger partial charge is 0.349 e. The zero-order valence-corrected chi connectivity index (χ0v) is 14.3. The van der Waals surface area contributed by atoms with Gasteiger partial charge in [-0.3, -0.25) is 14.6 Å². The van der Waals surface area contributed by atoms with Gasteiger partial charge in [0.15, 0.2) is 0 Å². The van der Waals surface area contributed by atoms with Gasteiger partial charge in [-0.15, -0.1) is 0 Å². The number of pyridine rings is 2. The fourth-order valence-electron chi connectivity index (χ4n) is 2.84. The molecule has 26 heavy (non-hydrogen) atoms. The Morgan fingerprint density at radius 1 is 1.27 bits per heavy atom. The number of nitrogens with zero attached hydrogens (tertiary/aromatic N) is 1. The summed E-state index contributed by atoms with van der Waals surface area (Å²) in [6.07, 6.45) is 1.44. The third-order valence-electron chi connectivity index (χ3n) is 4.21. The molecule has 0 saturated heterocycles. The van der Waals surface area contributed by atoms with Crippen molar-refractivity contribution in [3.63, 3.8) is 0 Å². The van der Waals surface area contributed by atoms with Gasteiger partial charge in [0.05, 0.1) is 18.0 Å². The number of aromatic nitrogens is 2. The molecule has 1 atom stereocenters. The Morgan fingerprint density at radius 3 is 2.77 bits per heavy atom. The summed E-state index contributed by atoms with van der Waals surface area (Å²) in [7, 11) is 0. The molecule has 5 nitrogen and oxygen atoms in total. The van der Waals surface area contributed by atoms with Crippen LogP contribution in [0.4, 0.5) is 8.78 Å². The zero-order chi connectivity index (χ0) is 18.8. The Kier molecular flexibility index (Phi) is 4.79. The molecule has 0 spiro atoms. The second-order valence-electron chi connectivity index (χ2n) is 6.11. The minimum atomic E-state index is -0.733. The van der Waals surface area contributed by atoms with Crippen LogP contribution < -0.4 is 10.9 Å². The highest BCUT2D eigenvalue weighted by atomic mass is 19.1. The van der Waals surface area contributed by atoms with Gasteiger partial charge in [-0.1, -0.05) is 6.07 Å². The number of nitrogens with one attached hydrogen (secondary N) is 2. The highest BCUT2D eigenvalue weighted by Crippen LogP contribution is 2.18. The normalized spacial score (nSPS) is 12.2. The second-order valence-corrected chi connectivity index (χ2v) is 6.11. The number of aryl methyl sites for hydroxylation is 1. The van der Waals surface area contributed by atoms with Crippen molar-refractivity contribution in [1.29, 1.82) is 0 Å². The lowest BCUT2D eigenvalue weighted by atomic mass is 10.1. The van der Waals surface area contributed by atoms with Crippen LogP contribution in [0.15, 0.2) is 41.3 Å². The molecule has 0 radical (unpaired) electrons. The molecule has 0 bridgehead atoms. The summed E-state index contributed by atoms with van der Waals surface area (Å²) in [6, 6.07) is 5.85. The molecule has 3 rings (SSSR count). The number of benzene rings is 1. The van der Waals surface area contributed by atoms with E-state index < -0.39 is 23.6 Å². The molecule has 2 heterocycles. The van der Waals surface area contributed by atoms with E-state index >= 15 is 0 Å². The number of fused-ring (bicyclic) bond motifs is 1. The van der Waals surface area contributed by atoms with Crippen LogP contribution in [0.5, 0.6) is 0 Å². The Morgan fingerprint density at radius 2 is 2.04 bits per heavy atom. The van der Waals surface area contributed by atoms with Crippen molar-refractivity contribution in [3.05, 3.63) is 75.3 Å². The summed E-state index contributed by atoms with van der Waals surface area (Å²) in [5.41, 5.74) is 1.49. The molecule has 7 heteroatoms. The van der Waals surface area contributed by atoms with E-state index in [0.717, 1.165) is 23.2 Å². The van der Waals surface area contributed by atoms with Crippen LogP contribution >= 0.6 is 0 Å². The van der Waals surface area contributed by atoms with Crippen molar-refractivity contribution in [2.75, 3.05) is 0 Å². The minimum Gasteiger partial charge on any atom is -0.349 e. The SMILES string of the molecule is Cc1nccc2[nH]c(=O)c(CC(=O)N[C@@H](C)c3ccc(F)cc3F)cc12. The number of H-pyrrole nitrogens is 1. The first kappa shape index (κ1) is 17.7. The van der Waals surface area contributed by atoms with Gasteiger partial charge in [0.2, 0.25) is 5.91 Å². The van der Waals surface area contributed by atoms with E-state index in [-0.39, 0.29) is 23.1 Å². The highest BCUT2D eigenvalue weighted by molar-refractivity contribution is 5.83. The van der Waals surface area contributed by atoms with E-state index in [1.54, 1.807) is 25.3 Å². The van der Waals surface area contributed by atoms with E-state index in [1.165, 1.54) is 6.07 Å². The number of hydrogen-bond acceptors (Lipinski definition) is 3. The molecular formula is C19H17F2N3O2. The lowest BCUT2D eigenvalue weighted by Crippen LogP contribution is -2.30. The summed E-state index contributed by atoms with van der Waals surface area (Å²) in [5, 5.41) is 3.38. The van der Waals surface area contributed by atoms with Gasteiger partial charge in [0, 0.05) is 34.5 Å². The maximum Gasteiger partial charge on any atom is 0.252 e. The van der Waals surface area contributed by atoms with Crippen molar-refractivity contribution < 1.29 is 13.6 Å². The van der Waals surface area contributed by atoms with Gasteiger partial charge in [0.1, 0.15) is 11.6 Å². The van der Waals surface area contributed by atoms with Crippen LogP contribution in [0.25, 0.3) is 10.9 Å². The quantitative estimate of drug-likeness (QED) is 0.754. The Hall–Kier alpha value is -3.09. The maximum atomic E-state index is 13.8. The van der Waals surface area contributed by atoms with Crippen molar-refractivity contribution in [1.82, 2.24) is 15.3 Å². The first-order chi connectivity index (χ1) is 12.3. The maximum absolute atomic E-state index is 13.8. The number of hydrogen-bond donors (Lipinski definition) is 2. The van der Waals surface area contributed by atoms with E-state index in [4.69, 9.17) is 0 Å². The number of aromatic amines is 1. The van der Waals surface area contributed by atoms with E-state index in [9.17, 15) is 18.4 Å². The first-order valence-electron chi connectivity index (χ1n) is 8.07. The Bertz CT molecular complexity index is 1050. The molecule has 0 saturated carbocycles. The monoisotopic (exact) mass is 357 g/mol. The molecule has 1 amide bonds. The lowest BCUT2D eigenvalue weighted by Gasteiger charge is -2.15. The van der Waals surface area contributed by atoms with E-state index in [1.807, 2.05) is 6.92 Å². The molecule has 1 aromatic carbocycles. The van der Waals surface area contributed by atoms with Crippen LogP contribution in [-0.2, 0) is 11.2 Å². The highest BCUT2D eigenvalue weighted by Gasteiger charge is 2.16. The lowest BCUT2D eigenvalue weighted by molar-refractivity contribution is -0.121. The van der Waals surface area contributed by atoms with E-state index in [0.29, 0.717) is 5.52 Å². The van der Waals surface area contributed by atoms with Crippen molar-refractivity contribution in [3.8, 4) is 0 Å². The molecule has 0 unspecified atom stereocenters. The van der Waals surface area contributed by atoms with Crippen LogP contribution in [0.1, 0.15) is 29.8 Å². The third kappa shape index (κ3) is 3.61. The van der Waals surface area contributed by atoms with Crippen LogP contribution in [0.2, 0.25) is 0 Å². The number of carbonyl (C=O) groups excluding carboxylic acids is 1. The average molecular weight is 357 g/mol. The molecule has 0 aliphatic rings. The molecular weight excluding hydrogens is 340 g/mol. The molecule has 0 fully saturated rings. The van der Waals surface area contributed by atoms with Crippen LogP contribution in [-0.4, -0.2) is 15.9 Å². The zero-order valence-electron chi connectivity index (χ0n) is 14.3. The molecule has 0 aliphatic heterocycles. The van der Waals surface area contributed by atoms with Crippen molar-refractivity contribution >= 4 is 16.8 Å². The topological polar surface area (TPSA) is 74.8 Å². The number of rotatable bonds is 4. The van der Waals surface area contributed by atoms with Crippen molar-refractivity contribution in [2.45, 2.75) is 26.3 Å². The van der Waals surface area contributed by atoms with Crippen molar-refractivity contribution in [2.24, 2.45) is 0 Å². The fourth-order valence-corrected chi connectivity index (χ4v) is 2.84.